The molecule has 1 aromatic carbocycles. The highest BCUT2D eigenvalue weighted by Gasteiger charge is 2.24. The van der Waals surface area contributed by atoms with Crippen LogP contribution in [0.15, 0.2) is 12.1 Å². The van der Waals surface area contributed by atoms with Crippen molar-refractivity contribution in [1.29, 1.82) is 0 Å². The summed E-state index contributed by atoms with van der Waals surface area (Å²) in [5, 5.41) is 10.4. The first-order valence-electron chi connectivity index (χ1n) is 7.42. The molecular weight excluding hydrogens is 252 g/mol. The van der Waals surface area contributed by atoms with Gasteiger partial charge in [-0.2, -0.15) is 0 Å². The molecular formula is C17H24O3. The molecule has 3 heteroatoms. The first-order valence-corrected chi connectivity index (χ1v) is 7.42. The predicted octanol–water partition coefficient (Wildman–Crippen LogP) is 3.57. The van der Waals surface area contributed by atoms with Gasteiger partial charge in [-0.1, -0.05) is 26.0 Å². The molecule has 0 unspecified atom stereocenters. The Hall–Kier alpha value is -1.51. The van der Waals surface area contributed by atoms with Gasteiger partial charge in [-0.15, -0.1) is 0 Å². The molecule has 0 spiro atoms. The van der Waals surface area contributed by atoms with Crippen molar-refractivity contribution in [2.45, 2.75) is 51.9 Å². The number of rotatable bonds is 6. The number of hydrogen-bond acceptors (Lipinski definition) is 3. The Kier molecular flexibility index (Phi) is 4.69. The van der Waals surface area contributed by atoms with E-state index in [1.54, 1.807) is 0 Å². The standard InChI is InChI=1S/C17H24O3/c1-11(2)15-10-13(6-7-16(18)20-3)9-14(17(15)19)8-12-4-5-12/h9-12,19H,4-8H2,1-3H3. The Morgan fingerprint density at radius 2 is 2.10 bits per heavy atom. The fraction of sp³-hybridized carbons (Fsp3) is 0.588. The van der Waals surface area contributed by atoms with E-state index in [-0.39, 0.29) is 11.9 Å². The molecule has 1 aliphatic rings. The third-order valence-corrected chi connectivity index (χ3v) is 3.95. The molecule has 0 saturated heterocycles. The number of hydrogen-bond donors (Lipinski definition) is 1. The summed E-state index contributed by atoms with van der Waals surface area (Å²) in [5.74, 6) is 1.28. The summed E-state index contributed by atoms with van der Waals surface area (Å²) in [5.41, 5.74) is 3.15. The number of aromatic hydroxyl groups is 1. The van der Waals surface area contributed by atoms with Crippen molar-refractivity contribution in [1.82, 2.24) is 0 Å². The van der Waals surface area contributed by atoms with E-state index in [1.807, 2.05) is 6.07 Å². The van der Waals surface area contributed by atoms with Crippen molar-refractivity contribution in [2.24, 2.45) is 5.92 Å². The van der Waals surface area contributed by atoms with Gasteiger partial charge in [-0.3, -0.25) is 4.79 Å². The molecule has 1 N–H and O–H groups in total. The molecule has 110 valence electrons. The fourth-order valence-electron chi connectivity index (χ4n) is 2.51. The highest BCUT2D eigenvalue weighted by atomic mass is 16.5. The summed E-state index contributed by atoms with van der Waals surface area (Å²) >= 11 is 0. The smallest absolute Gasteiger partial charge is 0.305 e. The number of esters is 1. The summed E-state index contributed by atoms with van der Waals surface area (Å²) in [6.45, 7) is 4.17. The van der Waals surface area contributed by atoms with Crippen molar-refractivity contribution in [3.05, 3.63) is 28.8 Å². The van der Waals surface area contributed by atoms with E-state index in [9.17, 15) is 9.90 Å². The van der Waals surface area contributed by atoms with Gasteiger partial charge in [0.1, 0.15) is 5.75 Å². The Bertz CT molecular complexity index is 487. The molecule has 1 aromatic rings. The largest absolute Gasteiger partial charge is 0.507 e. The third-order valence-electron chi connectivity index (χ3n) is 3.95. The van der Waals surface area contributed by atoms with Crippen LogP contribution in [0.25, 0.3) is 0 Å². The minimum atomic E-state index is -0.187. The Labute approximate surface area is 121 Å². The molecule has 0 aromatic heterocycles. The second kappa shape index (κ2) is 6.29. The van der Waals surface area contributed by atoms with Crippen LogP contribution in [0, 0.1) is 5.92 Å². The molecule has 0 aliphatic heterocycles. The van der Waals surface area contributed by atoms with Crippen molar-refractivity contribution in [3.8, 4) is 5.75 Å². The first-order chi connectivity index (χ1) is 9.51. The normalized spacial score (nSPS) is 14.6. The lowest BCUT2D eigenvalue weighted by molar-refractivity contribution is -0.140. The fourth-order valence-corrected chi connectivity index (χ4v) is 2.51. The molecule has 3 nitrogen and oxygen atoms in total. The second-order valence-corrected chi connectivity index (χ2v) is 6.07. The summed E-state index contributed by atoms with van der Waals surface area (Å²) < 4.78 is 4.69. The zero-order chi connectivity index (χ0) is 14.7. The van der Waals surface area contributed by atoms with Crippen LogP contribution >= 0.6 is 0 Å². The Morgan fingerprint density at radius 3 is 2.65 bits per heavy atom. The Balaban J connectivity index is 2.21. The van der Waals surface area contributed by atoms with Crippen LogP contribution in [-0.4, -0.2) is 18.2 Å². The third kappa shape index (κ3) is 3.75. The molecule has 1 fully saturated rings. The van der Waals surface area contributed by atoms with Gasteiger partial charge in [0.05, 0.1) is 7.11 Å². The van der Waals surface area contributed by atoms with Gasteiger partial charge < -0.3 is 9.84 Å². The number of ether oxygens (including phenoxy) is 1. The number of carbonyl (C=O) groups is 1. The highest BCUT2D eigenvalue weighted by molar-refractivity contribution is 5.69. The predicted molar refractivity (Wildman–Crippen MR) is 79.0 cm³/mol. The molecule has 0 bridgehead atoms. The SMILES string of the molecule is COC(=O)CCc1cc(CC2CC2)c(O)c(C(C)C)c1. The molecule has 1 saturated carbocycles. The highest BCUT2D eigenvalue weighted by Crippen LogP contribution is 2.38. The van der Waals surface area contributed by atoms with Crippen molar-refractivity contribution in [2.75, 3.05) is 7.11 Å². The minimum Gasteiger partial charge on any atom is -0.507 e. The van der Waals surface area contributed by atoms with E-state index in [0.29, 0.717) is 18.6 Å². The quantitative estimate of drug-likeness (QED) is 0.808. The van der Waals surface area contributed by atoms with E-state index < -0.39 is 0 Å². The van der Waals surface area contributed by atoms with Crippen LogP contribution in [0.5, 0.6) is 5.75 Å². The van der Waals surface area contributed by atoms with Crippen LogP contribution in [0.3, 0.4) is 0 Å². The number of benzene rings is 1. The number of aryl methyl sites for hydroxylation is 1. The molecule has 20 heavy (non-hydrogen) atoms. The average Bonchev–Trinajstić information content (AvgIpc) is 3.22. The zero-order valence-electron chi connectivity index (χ0n) is 12.6. The van der Waals surface area contributed by atoms with E-state index in [1.165, 1.54) is 20.0 Å². The monoisotopic (exact) mass is 276 g/mol. The van der Waals surface area contributed by atoms with Crippen LogP contribution in [-0.2, 0) is 22.4 Å². The summed E-state index contributed by atoms with van der Waals surface area (Å²) in [7, 11) is 1.41. The lowest BCUT2D eigenvalue weighted by Crippen LogP contribution is -2.04. The van der Waals surface area contributed by atoms with Crippen LogP contribution in [0.1, 0.15) is 55.7 Å². The summed E-state index contributed by atoms with van der Waals surface area (Å²) in [6.07, 6.45) is 4.55. The molecule has 1 aliphatic carbocycles. The van der Waals surface area contributed by atoms with E-state index in [4.69, 9.17) is 0 Å². The lowest BCUT2D eigenvalue weighted by atomic mass is 9.92. The maximum atomic E-state index is 11.3. The number of phenols is 1. The average molecular weight is 276 g/mol. The molecule has 0 heterocycles. The van der Waals surface area contributed by atoms with E-state index in [2.05, 4.69) is 24.7 Å². The zero-order valence-corrected chi connectivity index (χ0v) is 12.6. The van der Waals surface area contributed by atoms with Crippen LogP contribution in [0.2, 0.25) is 0 Å². The van der Waals surface area contributed by atoms with Gasteiger partial charge in [-0.25, -0.2) is 0 Å². The maximum Gasteiger partial charge on any atom is 0.305 e. The van der Waals surface area contributed by atoms with Crippen molar-refractivity contribution in [3.63, 3.8) is 0 Å². The maximum absolute atomic E-state index is 11.3. The molecule has 0 atom stereocenters. The van der Waals surface area contributed by atoms with E-state index in [0.717, 1.165) is 29.0 Å². The minimum absolute atomic E-state index is 0.187. The van der Waals surface area contributed by atoms with Gasteiger partial charge in [0.25, 0.3) is 0 Å². The molecule has 0 radical (unpaired) electrons. The van der Waals surface area contributed by atoms with Gasteiger partial charge in [0, 0.05) is 6.42 Å². The topological polar surface area (TPSA) is 46.5 Å². The number of phenolic OH excluding ortho intramolecular Hbond substituents is 1. The first kappa shape index (κ1) is 14.9. The number of carbonyl (C=O) groups excluding carboxylic acids is 1. The van der Waals surface area contributed by atoms with E-state index >= 15 is 0 Å². The van der Waals surface area contributed by atoms with Gasteiger partial charge in [0.2, 0.25) is 0 Å². The van der Waals surface area contributed by atoms with Gasteiger partial charge in [-0.05, 0) is 54.2 Å². The Morgan fingerprint density at radius 1 is 1.40 bits per heavy atom. The van der Waals surface area contributed by atoms with Crippen molar-refractivity contribution < 1.29 is 14.6 Å². The number of methoxy groups -OCH3 is 1. The van der Waals surface area contributed by atoms with Gasteiger partial charge in [0.15, 0.2) is 0 Å². The molecule has 2 rings (SSSR count). The van der Waals surface area contributed by atoms with Crippen molar-refractivity contribution >= 4 is 5.97 Å². The second-order valence-electron chi connectivity index (χ2n) is 6.07. The van der Waals surface area contributed by atoms with Gasteiger partial charge >= 0.3 is 5.97 Å². The lowest BCUT2D eigenvalue weighted by Gasteiger charge is -2.15. The summed E-state index contributed by atoms with van der Waals surface area (Å²) in [6, 6.07) is 4.09. The summed E-state index contributed by atoms with van der Waals surface area (Å²) in [4.78, 5) is 11.3. The molecule has 0 amide bonds. The van der Waals surface area contributed by atoms with Crippen LogP contribution in [0.4, 0.5) is 0 Å². The van der Waals surface area contributed by atoms with Crippen LogP contribution < -0.4 is 0 Å².